The number of benzene rings is 2. The van der Waals surface area contributed by atoms with Gasteiger partial charge in [-0.2, -0.15) is 5.26 Å². The van der Waals surface area contributed by atoms with Gasteiger partial charge in [0, 0.05) is 12.4 Å². The zero-order valence-corrected chi connectivity index (χ0v) is 18.3. The van der Waals surface area contributed by atoms with E-state index >= 15 is 4.39 Å². The van der Waals surface area contributed by atoms with Gasteiger partial charge < -0.3 is 10.5 Å². The summed E-state index contributed by atoms with van der Waals surface area (Å²) in [6.45, 7) is 0. The van der Waals surface area contributed by atoms with Crippen molar-refractivity contribution in [1.82, 2.24) is 15.0 Å². The Bertz CT molecular complexity index is 1490. The van der Waals surface area contributed by atoms with E-state index in [-0.39, 0.29) is 29.0 Å². The number of nitrogens with one attached hydrogen (secondary N) is 1. The second-order valence-electron chi connectivity index (χ2n) is 7.02. The van der Waals surface area contributed by atoms with Gasteiger partial charge in [-0.25, -0.2) is 27.8 Å². The van der Waals surface area contributed by atoms with E-state index in [1.807, 2.05) is 0 Å². The summed E-state index contributed by atoms with van der Waals surface area (Å²) in [7, 11) is -3.90. The minimum Gasteiger partial charge on any atom is -0.435 e. The molecule has 34 heavy (non-hydrogen) atoms. The number of aromatic nitrogens is 3. The fourth-order valence-electron chi connectivity index (χ4n) is 3.12. The summed E-state index contributed by atoms with van der Waals surface area (Å²) < 4.78 is 48.2. The summed E-state index contributed by atoms with van der Waals surface area (Å²) in [5.74, 6) is -1.64. The van der Waals surface area contributed by atoms with Gasteiger partial charge in [0.25, 0.3) is 0 Å². The molecule has 0 saturated carbocycles. The van der Waals surface area contributed by atoms with Gasteiger partial charge in [0.15, 0.2) is 11.6 Å². The van der Waals surface area contributed by atoms with E-state index in [1.54, 1.807) is 54.6 Å². The Morgan fingerprint density at radius 2 is 1.82 bits per heavy atom. The summed E-state index contributed by atoms with van der Waals surface area (Å²) in [5.41, 5.74) is 6.29. The van der Waals surface area contributed by atoms with Crippen molar-refractivity contribution in [3.63, 3.8) is 0 Å². The molecule has 0 unspecified atom stereocenters. The first kappa shape index (κ1) is 22.6. The first-order valence-corrected chi connectivity index (χ1v) is 11.5. The zero-order chi connectivity index (χ0) is 24.1. The quantitative estimate of drug-likeness (QED) is 0.409. The van der Waals surface area contributed by atoms with Crippen molar-refractivity contribution in [3.8, 4) is 29.0 Å². The van der Waals surface area contributed by atoms with E-state index in [9.17, 15) is 13.7 Å². The predicted molar refractivity (Wildman–Crippen MR) is 124 cm³/mol. The molecule has 0 saturated heterocycles. The molecule has 0 fully saturated rings. The lowest BCUT2D eigenvalue weighted by atomic mass is 10.1. The van der Waals surface area contributed by atoms with Crippen molar-refractivity contribution in [2.45, 2.75) is 5.75 Å². The zero-order valence-electron chi connectivity index (χ0n) is 17.5. The van der Waals surface area contributed by atoms with Crippen molar-refractivity contribution in [2.75, 3.05) is 10.5 Å². The molecule has 0 aliphatic carbocycles. The van der Waals surface area contributed by atoms with E-state index in [0.717, 1.165) is 0 Å². The first-order valence-electron chi connectivity index (χ1n) is 9.85. The van der Waals surface area contributed by atoms with Gasteiger partial charge in [-0.3, -0.25) is 4.72 Å². The van der Waals surface area contributed by atoms with Gasteiger partial charge in [-0.15, -0.1) is 0 Å². The standard InChI is InChI=1S/C23H17FN6O3S/c24-21-17(13-25)19(30-34(31,32)14-15-5-2-1-3-6-15)8-9-20(21)33-22-16(7-4-11-27-22)18-10-12-28-23(26)29-18/h1-12,30H,14H2,(H2,26,28,29). The highest BCUT2D eigenvalue weighted by molar-refractivity contribution is 7.91. The highest BCUT2D eigenvalue weighted by atomic mass is 32.2. The molecule has 3 N–H and O–H groups in total. The van der Waals surface area contributed by atoms with E-state index < -0.39 is 21.4 Å². The van der Waals surface area contributed by atoms with Gasteiger partial charge in [-0.1, -0.05) is 30.3 Å². The molecular formula is C23H17FN6O3S. The smallest absolute Gasteiger partial charge is 0.236 e. The van der Waals surface area contributed by atoms with Gasteiger partial charge in [0.1, 0.15) is 11.6 Å². The van der Waals surface area contributed by atoms with Crippen LogP contribution in [0.3, 0.4) is 0 Å². The molecule has 11 heteroatoms. The number of nitrogen functional groups attached to an aromatic ring is 1. The van der Waals surface area contributed by atoms with Gasteiger partial charge in [0.05, 0.1) is 22.7 Å². The van der Waals surface area contributed by atoms with Crippen LogP contribution in [0.1, 0.15) is 11.1 Å². The van der Waals surface area contributed by atoms with Crippen LogP contribution in [0.5, 0.6) is 11.6 Å². The fourth-order valence-corrected chi connectivity index (χ4v) is 4.33. The maximum absolute atomic E-state index is 15.2. The molecule has 0 aliphatic rings. The molecule has 4 rings (SSSR count). The molecule has 0 radical (unpaired) electrons. The maximum Gasteiger partial charge on any atom is 0.236 e. The number of ether oxygens (including phenoxy) is 1. The molecule has 2 heterocycles. The summed E-state index contributed by atoms with van der Waals surface area (Å²) >= 11 is 0. The third-order valence-corrected chi connectivity index (χ3v) is 5.86. The number of nitrogens with zero attached hydrogens (tertiary/aromatic N) is 4. The van der Waals surface area contributed by atoms with E-state index in [4.69, 9.17) is 10.5 Å². The lowest BCUT2D eigenvalue weighted by Gasteiger charge is -2.14. The summed E-state index contributed by atoms with van der Waals surface area (Å²) in [6, 6.07) is 17.5. The Labute approximate surface area is 194 Å². The predicted octanol–water partition coefficient (Wildman–Crippen LogP) is 3.87. The monoisotopic (exact) mass is 476 g/mol. The molecule has 9 nitrogen and oxygen atoms in total. The van der Waals surface area contributed by atoms with Crippen LogP contribution >= 0.6 is 0 Å². The summed E-state index contributed by atoms with van der Waals surface area (Å²) in [6.07, 6.45) is 2.90. The SMILES string of the molecule is N#Cc1c(NS(=O)(=O)Cc2ccccc2)ccc(Oc2ncccc2-c2ccnc(N)n2)c1F. The average molecular weight is 476 g/mol. The minimum absolute atomic E-state index is 0.0146. The number of rotatable bonds is 7. The van der Waals surface area contributed by atoms with Crippen molar-refractivity contribution < 1.29 is 17.5 Å². The molecule has 170 valence electrons. The summed E-state index contributed by atoms with van der Waals surface area (Å²) in [4.78, 5) is 12.1. The molecule has 4 aromatic rings. The number of sulfonamides is 1. The second kappa shape index (κ2) is 9.51. The Morgan fingerprint density at radius 1 is 1.03 bits per heavy atom. The van der Waals surface area contributed by atoms with Gasteiger partial charge in [0.2, 0.25) is 21.9 Å². The molecule has 0 aliphatic heterocycles. The van der Waals surface area contributed by atoms with Crippen molar-refractivity contribution in [1.29, 1.82) is 5.26 Å². The van der Waals surface area contributed by atoms with Crippen molar-refractivity contribution >= 4 is 21.7 Å². The normalized spacial score (nSPS) is 10.9. The Kier molecular flexibility index (Phi) is 6.33. The highest BCUT2D eigenvalue weighted by Gasteiger charge is 2.21. The molecule has 2 aromatic heterocycles. The van der Waals surface area contributed by atoms with E-state index in [1.165, 1.54) is 24.5 Å². The third kappa shape index (κ3) is 5.08. The fraction of sp³-hybridized carbons (Fsp3) is 0.0435. The minimum atomic E-state index is -3.90. The number of anilines is 2. The van der Waals surface area contributed by atoms with Crippen LogP contribution in [0.15, 0.2) is 73.1 Å². The van der Waals surface area contributed by atoms with Crippen LogP contribution in [-0.2, 0) is 15.8 Å². The molecule has 2 aromatic carbocycles. The van der Waals surface area contributed by atoms with Crippen LogP contribution in [0.25, 0.3) is 11.3 Å². The van der Waals surface area contributed by atoms with E-state index in [0.29, 0.717) is 16.8 Å². The third-order valence-electron chi connectivity index (χ3n) is 4.61. The lowest BCUT2D eigenvalue weighted by molar-refractivity contribution is 0.428. The van der Waals surface area contributed by atoms with E-state index in [2.05, 4.69) is 19.7 Å². The number of hydrogen-bond acceptors (Lipinski definition) is 8. The average Bonchev–Trinajstić information content (AvgIpc) is 2.81. The van der Waals surface area contributed by atoms with Crippen LogP contribution in [0, 0.1) is 17.1 Å². The maximum atomic E-state index is 15.2. The second-order valence-corrected chi connectivity index (χ2v) is 8.74. The van der Waals surface area contributed by atoms with Gasteiger partial charge in [-0.05, 0) is 35.9 Å². The highest BCUT2D eigenvalue weighted by Crippen LogP contribution is 2.34. The largest absolute Gasteiger partial charge is 0.435 e. The van der Waals surface area contributed by atoms with Crippen LogP contribution in [0.2, 0.25) is 0 Å². The summed E-state index contributed by atoms with van der Waals surface area (Å²) in [5, 5.41) is 9.51. The Hall–Kier alpha value is -4.56. The first-order chi connectivity index (χ1) is 16.4. The lowest BCUT2D eigenvalue weighted by Crippen LogP contribution is -2.16. The van der Waals surface area contributed by atoms with Crippen LogP contribution < -0.4 is 15.2 Å². The number of nitriles is 1. The number of halogens is 1. The molecular weight excluding hydrogens is 459 g/mol. The number of hydrogen-bond donors (Lipinski definition) is 2. The van der Waals surface area contributed by atoms with Crippen LogP contribution in [-0.4, -0.2) is 23.4 Å². The van der Waals surface area contributed by atoms with Gasteiger partial charge >= 0.3 is 0 Å². The molecule has 0 bridgehead atoms. The molecule has 0 spiro atoms. The Balaban J connectivity index is 1.63. The van der Waals surface area contributed by atoms with Crippen molar-refractivity contribution in [2.24, 2.45) is 0 Å². The molecule has 0 atom stereocenters. The number of nitrogens with two attached hydrogens (primary N) is 1. The Morgan fingerprint density at radius 3 is 2.56 bits per heavy atom. The topological polar surface area (TPSA) is 144 Å². The number of pyridine rings is 1. The molecule has 0 amide bonds. The van der Waals surface area contributed by atoms with Crippen LogP contribution in [0.4, 0.5) is 16.0 Å². The van der Waals surface area contributed by atoms with Crippen molar-refractivity contribution in [3.05, 3.63) is 90.0 Å².